The average molecular weight is 350 g/mol. The van der Waals surface area contributed by atoms with Crippen LogP contribution in [0.3, 0.4) is 0 Å². The van der Waals surface area contributed by atoms with E-state index in [1.165, 1.54) is 0 Å². The molecule has 2 saturated heterocycles. The highest BCUT2D eigenvalue weighted by molar-refractivity contribution is 6.31. The maximum Gasteiger partial charge on any atom is 0.227 e. The molecule has 2 aliphatic rings. The fraction of sp³-hybridized carbons (Fsp3) is 0.556. The number of nitrogens with one attached hydrogen (secondary N) is 1. The number of carbonyl (C=O) groups excluding carboxylic acids is 2. The number of rotatable bonds is 4. The summed E-state index contributed by atoms with van der Waals surface area (Å²) in [6.45, 7) is 3.47. The molecule has 0 aromatic heterocycles. The highest BCUT2D eigenvalue weighted by atomic mass is 35.5. The van der Waals surface area contributed by atoms with E-state index >= 15 is 0 Å². The van der Waals surface area contributed by atoms with Crippen molar-refractivity contribution in [2.75, 3.05) is 32.7 Å². The van der Waals surface area contributed by atoms with Gasteiger partial charge in [0.2, 0.25) is 11.8 Å². The lowest BCUT2D eigenvalue weighted by atomic mass is 10.1. The Morgan fingerprint density at radius 1 is 1.08 bits per heavy atom. The molecule has 1 unspecified atom stereocenters. The summed E-state index contributed by atoms with van der Waals surface area (Å²) in [6.07, 6.45) is 3.14. The van der Waals surface area contributed by atoms with E-state index in [-0.39, 0.29) is 11.8 Å². The standard InChI is InChI=1S/C18H24ClN3O2/c19-16-6-2-1-4-14(16)12-17(23)21-8-10-22(11-9-21)18(24)13-15-5-3-7-20-15/h1-2,4,6,15,20H,3,5,7-13H2. The average Bonchev–Trinajstić information content (AvgIpc) is 3.10. The van der Waals surface area contributed by atoms with Crippen molar-refractivity contribution >= 4 is 23.4 Å². The lowest BCUT2D eigenvalue weighted by Crippen LogP contribution is -2.51. The number of nitrogens with zero attached hydrogens (tertiary/aromatic N) is 2. The van der Waals surface area contributed by atoms with Crippen LogP contribution in [-0.4, -0.2) is 60.4 Å². The Balaban J connectivity index is 1.46. The van der Waals surface area contributed by atoms with Gasteiger partial charge in [-0.1, -0.05) is 29.8 Å². The fourth-order valence-electron chi connectivity index (χ4n) is 3.39. The Bertz CT molecular complexity index is 594. The van der Waals surface area contributed by atoms with Gasteiger partial charge in [0.05, 0.1) is 6.42 Å². The van der Waals surface area contributed by atoms with Crippen LogP contribution in [0.4, 0.5) is 0 Å². The van der Waals surface area contributed by atoms with E-state index < -0.39 is 0 Å². The third-order valence-electron chi connectivity index (χ3n) is 4.87. The van der Waals surface area contributed by atoms with E-state index in [0.717, 1.165) is 24.9 Å². The molecule has 0 bridgehead atoms. The van der Waals surface area contributed by atoms with Crippen LogP contribution in [0.25, 0.3) is 0 Å². The van der Waals surface area contributed by atoms with E-state index in [9.17, 15) is 9.59 Å². The molecule has 2 heterocycles. The number of benzene rings is 1. The molecule has 2 aliphatic heterocycles. The number of hydrogen-bond acceptors (Lipinski definition) is 3. The van der Waals surface area contributed by atoms with E-state index in [1.54, 1.807) is 6.07 Å². The second-order valence-corrected chi connectivity index (χ2v) is 6.93. The molecule has 3 rings (SSSR count). The summed E-state index contributed by atoms with van der Waals surface area (Å²) in [5, 5.41) is 3.99. The Morgan fingerprint density at radius 3 is 2.38 bits per heavy atom. The summed E-state index contributed by atoms with van der Waals surface area (Å²) in [5.41, 5.74) is 0.856. The normalized spacial score (nSPS) is 21.1. The van der Waals surface area contributed by atoms with Crippen LogP contribution < -0.4 is 5.32 Å². The number of amides is 2. The SMILES string of the molecule is O=C(Cc1ccccc1Cl)N1CCN(C(=O)CC2CCCN2)CC1. The van der Waals surface area contributed by atoms with Gasteiger partial charge < -0.3 is 15.1 Å². The van der Waals surface area contributed by atoms with Crippen LogP contribution in [0.15, 0.2) is 24.3 Å². The monoisotopic (exact) mass is 349 g/mol. The topological polar surface area (TPSA) is 52.7 Å². The van der Waals surface area contributed by atoms with Crippen LogP contribution in [0.2, 0.25) is 5.02 Å². The first-order chi connectivity index (χ1) is 11.6. The van der Waals surface area contributed by atoms with Crippen LogP contribution in [-0.2, 0) is 16.0 Å². The second-order valence-electron chi connectivity index (χ2n) is 6.53. The highest BCUT2D eigenvalue weighted by Gasteiger charge is 2.26. The van der Waals surface area contributed by atoms with Gasteiger partial charge in [-0.15, -0.1) is 0 Å². The first-order valence-electron chi connectivity index (χ1n) is 8.66. The molecule has 6 heteroatoms. The van der Waals surface area contributed by atoms with Crippen molar-refractivity contribution in [3.8, 4) is 0 Å². The smallest absolute Gasteiger partial charge is 0.227 e. The Labute approximate surface area is 147 Å². The van der Waals surface area contributed by atoms with E-state index in [0.29, 0.717) is 50.1 Å². The molecule has 2 fully saturated rings. The summed E-state index contributed by atoms with van der Waals surface area (Å²) < 4.78 is 0. The van der Waals surface area contributed by atoms with E-state index in [4.69, 9.17) is 11.6 Å². The minimum Gasteiger partial charge on any atom is -0.339 e. The van der Waals surface area contributed by atoms with Gasteiger partial charge in [-0.2, -0.15) is 0 Å². The van der Waals surface area contributed by atoms with Gasteiger partial charge >= 0.3 is 0 Å². The van der Waals surface area contributed by atoms with Crippen molar-refractivity contribution in [3.63, 3.8) is 0 Å². The number of carbonyl (C=O) groups is 2. The van der Waals surface area contributed by atoms with Crippen molar-refractivity contribution in [2.24, 2.45) is 0 Å². The van der Waals surface area contributed by atoms with Crippen molar-refractivity contribution in [3.05, 3.63) is 34.9 Å². The third-order valence-corrected chi connectivity index (χ3v) is 5.24. The predicted molar refractivity (Wildman–Crippen MR) is 94.0 cm³/mol. The number of hydrogen-bond donors (Lipinski definition) is 1. The molecule has 2 amide bonds. The lowest BCUT2D eigenvalue weighted by Gasteiger charge is -2.35. The molecule has 5 nitrogen and oxygen atoms in total. The van der Waals surface area contributed by atoms with Crippen LogP contribution in [0.1, 0.15) is 24.8 Å². The molecule has 1 atom stereocenters. The Morgan fingerprint density at radius 2 is 1.75 bits per heavy atom. The molecule has 0 radical (unpaired) electrons. The molecule has 130 valence electrons. The van der Waals surface area contributed by atoms with Crippen LogP contribution in [0.5, 0.6) is 0 Å². The molecule has 0 aliphatic carbocycles. The first kappa shape index (κ1) is 17.2. The van der Waals surface area contributed by atoms with Crippen molar-refractivity contribution < 1.29 is 9.59 Å². The maximum atomic E-state index is 12.4. The molecule has 24 heavy (non-hydrogen) atoms. The molecular weight excluding hydrogens is 326 g/mol. The van der Waals surface area contributed by atoms with Gasteiger partial charge in [-0.25, -0.2) is 0 Å². The van der Waals surface area contributed by atoms with Crippen molar-refractivity contribution in [1.82, 2.24) is 15.1 Å². The molecule has 1 N–H and O–H groups in total. The lowest BCUT2D eigenvalue weighted by molar-refractivity contribution is -0.139. The predicted octanol–water partition coefficient (Wildman–Crippen LogP) is 1.70. The summed E-state index contributed by atoms with van der Waals surface area (Å²) in [5.74, 6) is 0.278. The quantitative estimate of drug-likeness (QED) is 0.900. The minimum absolute atomic E-state index is 0.0765. The number of halogens is 1. The maximum absolute atomic E-state index is 12.4. The molecule has 1 aromatic carbocycles. The summed E-state index contributed by atoms with van der Waals surface area (Å²) in [7, 11) is 0. The van der Waals surface area contributed by atoms with Gasteiger partial charge in [0.15, 0.2) is 0 Å². The van der Waals surface area contributed by atoms with Crippen molar-refractivity contribution in [2.45, 2.75) is 31.7 Å². The zero-order valence-electron chi connectivity index (χ0n) is 13.8. The largest absolute Gasteiger partial charge is 0.339 e. The minimum atomic E-state index is 0.0765. The highest BCUT2D eigenvalue weighted by Crippen LogP contribution is 2.17. The zero-order chi connectivity index (χ0) is 16.9. The fourth-order valence-corrected chi connectivity index (χ4v) is 3.60. The zero-order valence-corrected chi connectivity index (χ0v) is 14.6. The van der Waals surface area contributed by atoms with Gasteiger partial charge in [-0.05, 0) is 31.0 Å². The van der Waals surface area contributed by atoms with Crippen molar-refractivity contribution in [1.29, 1.82) is 0 Å². The molecule has 0 spiro atoms. The van der Waals surface area contributed by atoms with Crippen LogP contribution >= 0.6 is 11.6 Å². The van der Waals surface area contributed by atoms with Crippen LogP contribution in [0, 0.1) is 0 Å². The first-order valence-corrected chi connectivity index (χ1v) is 9.03. The van der Waals surface area contributed by atoms with Gasteiger partial charge in [0, 0.05) is 43.7 Å². The second kappa shape index (κ2) is 7.99. The summed E-state index contributed by atoms with van der Waals surface area (Å²) in [6, 6.07) is 7.77. The molecule has 1 aromatic rings. The van der Waals surface area contributed by atoms with E-state index in [1.807, 2.05) is 28.0 Å². The number of piperazine rings is 1. The molecular formula is C18H24ClN3O2. The molecule has 0 saturated carbocycles. The van der Waals surface area contributed by atoms with Gasteiger partial charge in [0.25, 0.3) is 0 Å². The Hall–Kier alpha value is -1.59. The van der Waals surface area contributed by atoms with E-state index in [2.05, 4.69) is 5.32 Å². The summed E-state index contributed by atoms with van der Waals surface area (Å²) in [4.78, 5) is 28.5. The van der Waals surface area contributed by atoms with Gasteiger partial charge in [-0.3, -0.25) is 9.59 Å². The Kier molecular flexibility index (Phi) is 5.74. The third kappa shape index (κ3) is 4.28. The summed E-state index contributed by atoms with van der Waals surface area (Å²) >= 11 is 6.12. The van der Waals surface area contributed by atoms with Gasteiger partial charge in [0.1, 0.15) is 0 Å².